The number of hydrogen-bond acceptors (Lipinski definition) is 5. The zero-order chi connectivity index (χ0) is 22.1. The second-order valence-electron chi connectivity index (χ2n) is 8.57. The molecule has 6 nitrogen and oxygen atoms in total. The van der Waals surface area contributed by atoms with Crippen LogP contribution in [0, 0.1) is 11.6 Å². The van der Waals surface area contributed by atoms with Crippen molar-refractivity contribution in [2.75, 3.05) is 30.3 Å². The van der Waals surface area contributed by atoms with Crippen molar-refractivity contribution in [1.82, 2.24) is 9.88 Å². The highest BCUT2D eigenvalue weighted by Gasteiger charge is 2.27. The molecule has 0 bridgehead atoms. The summed E-state index contributed by atoms with van der Waals surface area (Å²) >= 11 is 0. The number of nitrogen functional groups attached to an aromatic ring is 1. The maximum absolute atomic E-state index is 14.9. The van der Waals surface area contributed by atoms with Crippen molar-refractivity contribution in [2.24, 2.45) is 0 Å². The molecule has 1 aromatic carbocycles. The predicted octanol–water partition coefficient (Wildman–Crippen LogP) is 4.23. The minimum atomic E-state index is -0.386. The van der Waals surface area contributed by atoms with E-state index in [0.717, 1.165) is 24.0 Å². The van der Waals surface area contributed by atoms with Crippen molar-refractivity contribution in [1.29, 1.82) is 0 Å². The van der Waals surface area contributed by atoms with Gasteiger partial charge in [-0.05, 0) is 68.4 Å². The highest BCUT2D eigenvalue weighted by Crippen LogP contribution is 2.34. The van der Waals surface area contributed by atoms with Gasteiger partial charge in [-0.1, -0.05) is 0 Å². The van der Waals surface area contributed by atoms with E-state index in [4.69, 9.17) is 10.5 Å². The van der Waals surface area contributed by atoms with Crippen LogP contribution in [-0.2, 0) is 17.7 Å². The summed E-state index contributed by atoms with van der Waals surface area (Å²) in [5, 5.41) is 0. The van der Waals surface area contributed by atoms with Crippen LogP contribution < -0.4 is 10.6 Å². The molecule has 0 spiro atoms. The molecule has 3 heterocycles. The first-order valence-electron chi connectivity index (χ1n) is 10.7. The van der Waals surface area contributed by atoms with Crippen LogP contribution in [0.25, 0.3) is 0 Å². The number of aromatic nitrogens is 1. The lowest BCUT2D eigenvalue weighted by Gasteiger charge is -2.32. The number of likely N-dealkylation sites (tertiary alicyclic amines) is 1. The van der Waals surface area contributed by atoms with E-state index in [9.17, 15) is 13.6 Å². The molecule has 1 aromatic heterocycles. The fourth-order valence-electron chi connectivity index (χ4n) is 4.42. The molecule has 1 amide bonds. The van der Waals surface area contributed by atoms with Gasteiger partial charge in [-0.3, -0.25) is 4.98 Å². The fraction of sp³-hybridized carbons (Fsp3) is 0.478. The lowest BCUT2D eigenvalue weighted by atomic mass is 9.90. The van der Waals surface area contributed by atoms with Gasteiger partial charge in [-0.2, -0.15) is 0 Å². The first-order chi connectivity index (χ1) is 14.8. The normalized spacial score (nSPS) is 16.7. The first kappa shape index (κ1) is 21.3. The average Bonchev–Trinajstić information content (AvgIpc) is 3.12. The zero-order valence-corrected chi connectivity index (χ0v) is 17.9. The van der Waals surface area contributed by atoms with Gasteiger partial charge in [0.2, 0.25) is 0 Å². The number of nitrogens with two attached hydrogens (primary N) is 1. The van der Waals surface area contributed by atoms with Gasteiger partial charge in [0.15, 0.2) is 0 Å². The Hall–Kier alpha value is -2.90. The van der Waals surface area contributed by atoms with Crippen LogP contribution in [0.4, 0.5) is 25.0 Å². The fourth-order valence-corrected chi connectivity index (χ4v) is 4.42. The second kappa shape index (κ2) is 8.69. The number of amides is 1. The molecule has 2 aromatic rings. The number of hydrogen-bond donors (Lipinski definition) is 1. The topological polar surface area (TPSA) is 71.7 Å². The highest BCUT2D eigenvalue weighted by atomic mass is 19.1. The molecule has 0 aliphatic carbocycles. The molecular formula is C23H28F2N4O2. The number of halogens is 2. The first-order valence-corrected chi connectivity index (χ1v) is 10.7. The summed E-state index contributed by atoms with van der Waals surface area (Å²) in [6.07, 6.45) is 3.41. The van der Waals surface area contributed by atoms with Crippen LogP contribution in [0.15, 0.2) is 24.4 Å². The van der Waals surface area contributed by atoms with Gasteiger partial charge in [0.05, 0.1) is 24.0 Å². The SMILES string of the molecule is CC(C)OC(=O)N1CCC(c2cnc(CN3CCc4cc(N)cc(F)c43)c(F)c2)CC1. The maximum atomic E-state index is 14.9. The molecule has 2 aliphatic heterocycles. The lowest BCUT2D eigenvalue weighted by molar-refractivity contribution is 0.0691. The zero-order valence-electron chi connectivity index (χ0n) is 17.9. The van der Waals surface area contributed by atoms with Gasteiger partial charge >= 0.3 is 6.09 Å². The monoisotopic (exact) mass is 430 g/mol. The summed E-state index contributed by atoms with van der Waals surface area (Å²) in [6, 6.07) is 4.60. The van der Waals surface area contributed by atoms with Crippen molar-refractivity contribution in [3.8, 4) is 0 Å². The largest absolute Gasteiger partial charge is 0.447 e. The number of carbonyl (C=O) groups excluding carboxylic acids is 1. The molecule has 0 radical (unpaired) electrons. The van der Waals surface area contributed by atoms with Crippen molar-refractivity contribution < 1.29 is 18.3 Å². The molecule has 2 N–H and O–H groups in total. The average molecular weight is 430 g/mol. The molecule has 4 rings (SSSR count). The molecular weight excluding hydrogens is 402 g/mol. The maximum Gasteiger partial charge on any atom is 0.410 e. The Morgan fingerprint density at radius 3 is 2.61 bits per heavy atom. The van der Waals surface area contributed by atoms with Gasteiger partial charge in [-0.25, -0.2) is 13.6 Å². The lowest BCUT2D eigenvalue weighted by Crippen LogP contribution is -2.39. The Morgan fingerprint density at radius 2 is 1.94 bits per heavy atom. The molecule has 0 unspecified atom stereocenters. The summed E-state index contributed by atoms with van der Waals surface area (Å²) in [6.45, 7) is 5.61. The second-order valence-corrected chi connectivity index (χ2v) is 8.57. The number of benzene rings is 1. The molecule has 1 saturated heterocycles. The third-order valence-electron chi connectivity index (χ3n) is 5.97. The Balaban J connectivity index is 1.41. The summed E-state index contributed by atoms with van der Waals surface area (Å²) in [5.74, 6) is -0.622. The van der Waals surface area contributed by atoms with Gasteiger partial charge in [-0.15, -0.1) is 0 Å². The smallest absolute Gasteiger partial charge is 0.410 e. The van der Waals surface area contributed by atoms with E-state index in [1.54, 1.807) is 17.2 Å². The summed E-state index contributed by atoms with van der Waals surface area (Å²) in [4.78, 5) is 19.9. The molecule has 31 heavy (non-hydrogen) atoms. The Labute approximate surface area is 181 Å². The van der Waals surface area contributed by atoms with Crippen molar-refractivity contribution in [2.45, 2.75) is 51.7 Å². The van der Waals surface area contributed by atoms with E-state index >= 15 is 0 Å². The quantitative estimate of drug-likeness (QED) is 0.735. The van der Waals surface area contributed by atoms with Crippen LogP contribution in [0.3, 0.4) is 0 Å². The third kappa shape index (κ3) is 4.57. The molecule has 0 saturated carbocycles. The molecule has 0 atom stereocenters. The summed E-state index contributed by atoms with van der Waals surface area (Å²) in [7, 11) is 0. The van der Waals surface area contributed by atoms with E-state index in [1.165, 1.54) is 12.1 Å². The number of pyridine rings is 1. The molecule has 1 fully saturated rings. The van der Waals surface area contributed by atoms with E-state index in [1.807, 2.05) is 18.7 Å². The third-order valence-corrected chi connectivity index (χ3v) is 5.97. The van der Waals surface area contributed by atoms with Gasteiger partial charge in [0.25, 0.3) is 0 Å². The van der Waals surface area contributed by atoms with Crippen molar-refractivity contribution in [3.63, 3.8) is 0 Å². The number of piperidine rings is 1. The van der Waals surface area contributed by atoms with Crippen LogP contribution in [0.1, 0.15) is 49.4 Å². The van der Waals surface area contributed by atoms with Crippen LogP contribution in [0.2, 0.25) is 0 Å². The van der Waals surface area contributed by atoms with Crippen LogP contribution in [0.5, 0.6) is 0 Å². The van der Waals surface area contributed by atoms with E-state index in [2.05, 4.69) is 4.98 Å². The molecule has 8 heteroatoms. The van der Waals surface area contributed by atoms with Crippen LogP contribution >= 0.6 is 0 Å². The van der Waals surface area contributed by atoms with E-state index < -0.39 is 0 Å². The standard InChI is InChI=1S/C23H28F2N4O2/c1-14(2)31-23(30)28-6-3-15(4-7-28)17-10-19(24)21(27-12-17)13-29-8-5-16-9-18(26)11-20(25)22(16)29/h9-12,14-15H,3-8,13,26H2,1-2H3. The van der Waals surface area contributed by atoms with Gasteiger partial charge < -0.3 is 20.3 Å². The number of fused-ring (bicyclic) bond motifs is 1. The highest BCUT2D eigenvalue weighted by molar-refractivity contribution is 5.68. The van der Waals surface area contributed by atoms with Crippen molar-refractivity contribution >= 4 is 17.5 Å². The molecule has 166 valence electrons. The number of ether oxygens (including phenoxy) is 1. The van der Waals surface area contributed by atoms with E-state index in [0.29, 0.717) is 43.1 Å². The number of nitrogens with zero attached hydrogens (tertiary/aromatic N) is 3. The number of rotatable bonds is 4. The Morgan fingerprint density at radius 1 is 1.19 bits per heavy atom. The summed E-state index contributed by atoms with van der Waals surface area (Å²) in [5.41, 5.74) is 8.59. The Bertz CT molecular complexity index is 974. The number of anilines is 2. The van der Waals surface area contributed by atoms with E-state index in [-0.39, 0.29) is 36.3 Å². The minimum absolute atomic E-state index is 0.145. The van der Waals surface area contributed by atoms with Gasteiger partial charge in [0, 0.05) is 31.5 Å². The van der Waals surface area contributed by atoms with Crippen LogP contribution in [-0.4, -0.2) is 41.7 Å². The predicted molar refractivity (Wildman–Crippen MR) is 115 cm³/mol. The van der Waals surface area contributed by atoms with Gasteiger partial charge in [0.1, 0.15) is 11.6 Å². The summed E-state index contributed by atoms with van der Waals surface area (Å²) < 4.78 is 34.5. The van der Waals surface area contributed by atoms with Crippen molar-refractivity contribution in [3.05, 3.63) is 52.9 Å². The molecule has 2 aliphatic rings. The number of carbonyl (C=O) groups is 1. The Kier molecular flexibility index (Phi) is 5.98. The minimum Gasteiger partial charge on any atom is -0.447 e.